The molecule has 196 valence electrons. The lowest BCUT2D eigenvalue weighted by atomic mass is 9.92. The van der Waals surface area contributed by atoms with Crippen LogP contribution in [0.25, 0.3) is 21.6 Å². The van der Waals surface area contributed by atoms with Crippen LogP contribution < -0.4 is 21.1 Å². The van der Waals surface area contributed by atoms with Crippen LogP contribution in [0.15, 0.2) is 60.0 Å². The number of nitrogens with one attached hydrogen (secondary N) is 3. The number of nitrogens with two attached hydrogens (primary N) is 1. The minimum Gasteiger partial charge on any atom is -0.488 e. The summed E-state index contributed by atoms with van der Waals surface area (Å²) in [6.07, 6.45) is 0. The van der Waals surface area contributed by atoms with Crippen LogP contribution in [-0.2, 0) is 11.3 Å². The molecule has 0 spiro atoms. The first-order valence-electron chi connectivity index (χ1n) is 11.8. The zero-order valence-corrected chi connectivity index (χ0v) is 21.8. The van der Waals surface area contributed by atoms with E-state index in [4.69, 9.17) is 20.6 Å². The van der Waals surface area contributed by atoms with Crippen LogP contribution in [0.5, 0.6) is 5.75 Å². The van der Waals surface area contributed by atoms with E-state index in [0.29, 0.717) is 34.7 Å². The molecular formula is C28H23N5O5S. The average Bonchev–Trinajstić information content (AvgIpc) is 3.45. The molecule has 0 radical (unpaired) electrons. The molecule has 0 saturated carbocycles. The number of aromatic nitrogens is 1. The largest absolute Gasteiger partial charge is 0.488 e. The molecule has 1 aliphatic rings. The van der Waals surface area contributed by atoms with Crippen LogP contribution in [0.4, 0.5) is 5.69 Å². The summed E-state index contributed by atoms with van der Waals surface area (Å²) >= 11 is 1.54. The number of ether oxygens (including phenoxy) is 2. The first kappa shape index (κ1) is 25.6. The van der Waals surface area contributed by atoms with E-state index in [9.17, 15) is 14.4 Å². The van der Waals surface area contributed by atoms with E-state index < -0.39 is 17.8 Å². The van der Waals surface area contributed by atoms with Crippen LogP contribution >= 0.6 is 11.3 Å². The van der Waals surface area contributed by atoms with Gasteiger partial charge in [0.2, 0.25) is 0 Å². The van der Waals surface area contributed by atoms with Gasteiger partial charge in [-0.1, -0.05) is 0 Å². The molecule has 11 heteroatoms. The molecule has 0 fully saturated rings. The summed E-state index contributed by atoms with van der Waals surface area (Å²) in [5, 5.41) is 14.9. The number of hydrogen-bond acceptors (Lipinski definition) is 8. The van der Waals surface area contributed by atoms with Crippen molar-refractivity contribution < 1.29 is 23.9 Å². The molecule has 2 aromatic carbocycles. The fourth-order valence-electron chi connectivity index (χ4n) is 4.24. The average molecular weight is 542 g/mol. The molecule has 4 aromatic rings. The zero-order chi connectivity index (χ0) is 27.7. The summed E-state index contributed by atoms with van der Waals surface area (Å²) in [4.78, 5) is 44.0. The highest BCUT2D eigenvalue weighted by atomic mass is 32.1. The monoisotopic (exact) mass is 541 g/mol. The molecule has 0 bridgehead atoms. The highest BCUT2D eigenvalue weighted by molar-refractivity contribution is 7.13. The molecule has 0 saturated heterocycles. The number of methoxy groups -OCH3 is 1. The molecule has 5 N–H and O–H groups in total. The van der Waals surface area contributed by atoms with E-state index in [2.05, 4.69) is 15.6 Å². The number of anilines is 1. The second-order valence-electron chi connectivity index (χ2n) is 8.57. The van der Waals surface area contributed by atoms with Crippen LogP contribution in [0, 0.1) is 5.41 Å². The first-order chi connectivity index (χ1) is 18.8. The van der Waals surface area contributed by atoms with Gasteiger partial charge >= 0.3 is 5.97 Å². The van der Waals surface area contributed by atoms with Gasteiger partial charge in [0.15, 0.2) is 5.69 Å². The number of thiophene rings is 1. The maximum Gasteiger partial charge on any atom is 0.357 e. The Labute approximate surface area is 227 Å². The Morgan fingerprint density at radius 1 is 1.03 bits per heavy atom. The Balaban J connectivity index is 1.67. The predicted molar refractivity (Wildman–Crippen MR) is 147 cm³/mol. The lowest BCUT2D eigenvalue weighted by Crippen LogP contribution is -2.21. The molecule has 39 heavy (non-hydrogen) atoms. The number of fused-ring (bicyclic) bond motifs is 3. The summed E-state index contributed by atoms with van der Waals surface area (Å²) in [6, 6.07) is 15.0. The normalized spacial score (nSPS) is 11.4. The minimum atomic E-state index is -0.763. The number of benzene rings is 2. The lowest BCUT2D eigenvalue weighted by Gasteiger charge is -2.21. The fraction of sp³-hybridized carbons (Fsp3) is 0.107. The number of hydrogen-bond donors (Lipinski definition) is 4. The number of nitrogen functional groups attached to an aromatic ring is 1. The number of amides is 2. The van der Waals surface area contributed by atoms with E-state index in [0.717, 1.165) is 16.0 Å². The minimum absolute atomic E-state index is 0.0237. The van der Waals surface area contributed by atoms with Crippen molar-refractivity contribution in [1.82, 2.24) is 10.3 Å². The Bertz CT molecular complexity index is 1640. The van der Waals surface area contributed by atoms with E-state index in [1.807, 2.05) is 11.4 Å². The zero-order valence-electron chi connectivity index (χ0n) is 21.0. The van der Waals surface area contributed by atoms with Gasteiger partial charge in [-0.25, -0.2) is 9.78 Å². The Morgan fingerprint density at radius 3 is 2.49 bits per heavy atom. The molecule has 5 rings (SSSR count). The second-order valence-corrected chi connectivity index (χ2v) is 9.48. The molecule has 2 aromatic heterocycles. The smallest absolute Gasteiger partial charge is 0.357 e. The summed E-state index contributed by atoms with van der Waals surface area (Å²) < 4.78 is 11.0. The third-order valence-electron chi connectivity index (χ3n) is 6.22. The molecule has 2 amide bonds. The summed E-state index contributed by atoms with van der Waals surface area (Å²) in [6.45, 7) is 0.372. The lowest BCUT2D eigenvalue weighted by molar-refractivity contribution is 0.0594. The summed E-state index contributed by atoms with van der Waals surface area (Å²) in [7, 11) is 2.67. The Hall–Kier alpha value is -5.03. The van der Waals surface area contributed by atoms with E-state index in [-0.39, 0.29) is 22.8 Å². The Morgan fingerprint density at radius 2 is 1.79 bits per heavy atom. The number of nitrogens with zero attached hydrogens (tertiary/aromatic N) is 1. The van der Waals surface area contributed by atoms with Crippen molar-refractivity contribution in [3.63, 3.8) is 0 Å². The number of amidine groups is 1. The number of carbonyl (C=O) groups is 3. The van der Waals surface area contributed by atoms with Gasteiger partial charge in [-0.3, -0.25) is 15.0 Å². The number of pyridine rings is 1. The quantitative estimate of drug-likeness (QED) is 0.163. The van der Waals surface area contributed by atoms with Crippen LogP contribution in [0.2, 0.25) is 0 Å². The molecule has 3 heterocycles. The topological polar surface area (TPSA) is 156 Å². The number of rotatable bonds is 6. The molecule has 1 aliphatic heterocycles. The van der Waals surface area contributed by atoms with Crippen LogP contribution in [-0.4, -0.2) is 42.8 Å². The van der Waals surface area contributed by atoms with E-state index in [1.54, 1.807) is 53.8 Å². The van der Waals surface area contributed by atoms with Gasteiger partial charge in [0.1, 0.15) is 23.9 Å². The molecule has 0 aliphatic carbocycles. The van der Waals surface area contributed by atoms with Crippen molar-refractivity contribution in [1.29, 1.82) is 5.41 Å². The van der Waals surface area contributed by atoms with E-state index >= 15 is 0 Å². The maximum absolute atomic E-state index is 13.7. The molecular weight excluding hydrogens is 518 g/mol. The van der Waals surface area contributed by atoms with Gasteiger partial charge < -0.3 is 25.8 Å². The third-order valence-corrected chi connectivity index (χ3v) is 7.21. The predicted octanol–water partition coefficient (Wildman–Crippen LogP) is 4.05. The summed E-state index contributed by atoms with van der Waals surface area (Å²) in [5.74, 6) is -1.22. The second kappa shape index (κ2) is 10.4. The van der Waals surface area contributed by atoms with Crippen molar-refractivity contribution in [2.24, 2.45) is 5.73 Å². The van der Waals surface area contributed by atoms with Crippen molar-refractivity contribution >= 4 is 40.6 Å². The van der Waals surface area contributed by atoms with Gasteiger partial charge in [0.05, 0.1) is 7.11 Å². The van der Waals surface area contributed by atoms with Gasteiger partial charge in [-0.2, -0.15) is 0 Å². The van der Waals surface area contributed by atoms with Crippen molar-refractivity contribution in [2.75, 3.05) is 19.5 Å². The van der Waals surface area contributed by atoms with E-state index in [1.165, 1.54) is 20.2 Å². The molecule has 10 nitrogen and oxygen atoms in total. The van der Waals surface area contributed by atoms with Gasteiger partial charge in [0, 0.05) is 51.0 Å². The van der Waals surface area contributed by atoms with Crippen molar-refractivity contribution in [3.05, 3.63) is 88.1 Å². The molecule has 0 atom stereocenters. The maximum atomic E-state index is 13.7. The SMILES string of the molecule is CNC(=O)c1ccc(-c2cc3c(cc2C(=O)Nc2ccc(C(=N)N)cc2)-c2sccc2CO3)c(C(=O)OC)n1. The highest BCUT2D eigenvalue weighted by Crippen LogP contribution is 2.44. The summed E-state index contributed by atoms with van der Waals surface area (Å²) in [5.41, 5.74) is 9.16. The van der Waals surface area contributed by atoms with Crippen molar-refractivity contribution in [3.8, 4) is 27.3 Å². The molecule has 0 unspecified atom stereocenters. The number of carbonyl (C=O) groups excluding carboxylic acids is 3. The fourth-order valence-corrected chi connectivity index (χ4v) is 5.18. The van der Waals surface area contributed by atoms with Crippen LogP contribution in [0.1, 0.15) is 42.5 Å². The highest BCUT2D eigenvalue weighted by Gasteiger charge is 2.27. The third kappa shape index (κ3) is 4.82. The van der Waals surface area contributed by atoms with Gasteiger partial charge in [0.25, 0.3) is 11.8 Å². The number of esters is 1. The van der Waals surface area contributed by atoms with Gasteiger partial charge in [-0.05, 0) is 60.0 Å². The van der Waals surface area contributed by atoms with Crippen molar-refractivity contribution in [2.45, 2.75) is 6.61 Å². The Kier molecular flexibility index (Phi) is 6.82. The standard InChI is InChI=1S/C28H23N5O5S/c1-31-27(35)21-8-7-17(23(33-21)28(36)37-2)18-12-22-20(24-15(13-38-22)9-10-39-24)11-19(18)26(34)32-16-5-3-14(4-6-16)25(29)30/h3-12H,13H2,1-2H3,(H3,29,30)(H,31,35)(H,32,34). The van der Waals surface area contributed by atoms with Gasteiger partial charge in [-0.15, -0.1) is 11.3 Å². The first-order valence-corrected chi connectivity index (χ1v) is 12.6. The van der Waals surface area contributed by atoms with Crippen LogP contribution in [0.3, 0.4) is 0 Å².